The summed E-state index contributed by atoms with van der Waals surface area (Å²) in [5, 5.41) is 15.9. The molecule has 6 heterocycles. The lowest BCUT2D eigenvalue weighted by atomic mass is 9.92. The standard InChI is InChI=1S/C44H27NS.C36H22S.C30H18S.C29H17NS/c1-2-11-33-32(10-1)34-12-3-4-15-38(34)43-42-37(33)16-9-19-41(42)46-44(43)30-22-20-28(21-23-30)29-24-26-31(27-25-29)45-39-17-7-5-13-35(39)36-14-6-8-18-40(36)45;1-2-11-23(12-3-1)24-14-10-15-26(21-24)35-33-31-20-9-8-18-29(31)28-17-6-7-19-30(28)32-22-25-13-4-5-16-27(25)36(37-35)34(32)33;1-2-10-19(11-3-1)29-27-25-17-9-8-15-23(25)22-14-6-7-16-24(22)26-18-20-12-4-5-13-21(20)30(31-29)28(26)27;1-2-10-19-18(9-1)17-24-22-13-4-3-11-20(22)21-12-5-6-14-23(21)26-27(24)28(19)31-29(26)25-15-7-8-16-30-25/h1-27H;1-22H;1-18H;1-17H. The number of hydrogen-bond donors (Lipinski definition) is 0. The molecule has 4 aliphatic rings. The van der Waals surface area contributed by atoms with Gasteiger partial charge in [-0.3, -0.25) is 4.98 Å². The Morgan fingerprint density at radius 2 is 0.448 bits per heavy atom. The molecular formula is C139H84N2S4. The smallest absolute Gasteiger partial charge is 0.0808 e. The van der Waals surface area contributed by atoms with Crippen molar-refractivity contribution in [2.24, 2.45) is 0 Å². The zero-order valence-corrected chi connectivity index (χ0v) is 81.8. The molecule has 4 aliphatic carbocycles. The van der Waals surface area contributed by atoms with Gasteiger partial charge in [0.1, 0.15) is 0 Å². The van der Waals surface area contributed by atoms with Crippen molar-refractivity contribution in [2.75, 3.05) is 0 Å². The van der Waals surface area contributed by atoms with Crippen molar-refractivity contribution >= 4 is 140 Å². The minimum atomic E-state index is 1.04. The lowest BCUT2D eigenvalue weighted by Crippen LogP contribution is -1.93. The van der Waals surface area contributed by atoms with Crippen LogP contribution in [0, 0.1) is 0 Å². The second-order valence-electron chi connectivity index (χ2n) is 37.8. The summed E-state index contributed by atoms with van der Waals surface area (Å²) in [7, 11) is 0. The van der Waals surface area contributed by atoms with Crippen molar-refractivity contribution in [3.05, 3.63) is 510 Å². The van der Waals surface area contributed by atoms with Gasteiger partial charge in [0.25, 0.3) is 0 Å². The number of para-hydroxylation sites is 2. The van der Waals surface area contributed by atoms with E-state index in [2.05, 4.69) is 502 Å². The van der Waals surface area contributed by atoms with Gasteiger partial charge in [-0.25, -0.2) is 0 Å². The summed E-state index contributed by atoms with van der Waals surface area (Å²) in [6.45, 7) is 0. The molecule has 0 saturated heterocycles. The Bertz CT molecular complexity index is 9830. The Kier molecular flexibility index (Phi) is 20.2. The molecule has 6 heteroatoms. The van der Waals surface area contributed by atoms with Gasteiger partial charge in [-0.05, 0) is 249 Å². The third-order valence-electron chi connectivity index (χ3n) is 29.9. The predicted molar refractivity (Wildman–Crippen MR) is 624 cm³/mol. The number of rotatable bonds is 7. The van der Waals surface area contributed by atoms with Crippen LogP contribution < -0.4 is 0 Å². The fourth-order valence-corrected chi connectivity index (χ4v) is 28.9. The molecule has 6 aromatic heterocycles. The van der Waals surface area contributed by atoms with Crippen LogP contribution >= 0.6 is 45.3 Å². The van der Waals surface area contributed by atoms with Crippen molar-refractivity contribution in [3.8, 4) is 203 Å². The molecule has 674 valence electrons. The van der Waals surface area contributed by atoms with Crippen LogP contribution in [0.1, 0.15) is 0 Å². The first-order chi connectivity index (χ1) is 72.0. The van der Waals surface area contributed by atoms with E-state index < -0.39 is 0 Å². The van der Waals surface area contributed by atoms with E-state index in [1.165, 1.54) is 292 Å². The van der Waals surface area contributed by atoms with E-state index in [-0.39, 0.29) is 0 Å². The number of nitrogens with zero attached hydrogens (tertiary/aromatic N) is 2. The molecule has 22 aromatic carbocycles. The number of pyridine rings is 1. The van der Waals surface area contributed by atoms with Gasteiger partial charge in [0.15, 0.2) is 0 Å². The molecule has 0 radical (unpaired) electrons. The molecule has 32 rings (SSSR count). The number of hydrogen-bond acceptors (Lipinski definition) is 5. The van der Waals surface area contributed by atoms with Gasteiger partial charge in [-0.2, -0.15) is 0 Å². The number of thiophene rings is 4. The molecule has 0 fully saturated rings. The Labute approximate surface area is 855 Å². The molecular weight excluding hydrogens is 1830 g/mol. The van der Waals surface area contributed by atoms with Gasteiger partial charge < -0.3 is 4.57 Å². The second kappa shape index (κ2) is 34.7. The normalized spacial score (nSPS) is 11.9. The van der Waals surface area contributed by atoms with Crippen LogP contribution in [-0.4, -0.2) is 9.55 Å². The summed E-state index contributed by atoms with van der Waals surface area (Å²) in [5.41, 5.74) is 45.0. The van der Waals surface area contributed by atoms with E-state index in [0.29, 0.717) is 0 Å². The number of aromatic nitrogens is 2. The Morgan fingerprint density at radius 1 is 0.166 bits per heavy atom. The van der Waals surface area contributed by atoms with Gasteiger partial charge in [0.2, 0.25) is 0 Å². The molecule has 2 nitrogen and oxygen atoms in total. The zero-order chi connectivity index (χ0) is 95.3. The van der Waals surface area contributed by atoms with E-state index in [1.54, 1.807) is 0 Å². The maximum Gasteiger partial charge on any atom is 0.0808 e. The molecule has 0 bridgehead atoms. The van der Waals surface area contributed by atoms with Crippen LogP contribution in [0.25, 0.3) is 298 Å². The largest absolute Gasteiger partial charge is 0.309 e. The fraction of sp³-hybridized carbons (Fsp3) is 0. The highest BCUT2D eigenvalue weighted by Gasteiger charge is 2.34. The Balaban J connectivity index is 0.0000000930. The molecule has 0 unspecified atom stereocenters. The highest BCUT2D eigenvalue weighted by Crippen LogP contribution is 2.62. The third kappa shape index (κ3) is 13.7. The van der Waals surface area contributed by atoms with Crippen molar-refractivity contribution < 1.29 is 0 Å². The Morgan fingerprint density at radius 3 is 0.883 bits per heavy atom. The first kappa shape index (κ1) is 84.3. The van der Waals surface area contributed by atoms with Gasteiger partial charge >= 0.3 is 0 Å². The first-order valence-corrected chi connectivity index (χ1v) is 52.9. The van der Waals surface area contributed by atoms with Crippen molar-refractivity contribution in [2.45, 2.75) is 0 Å². The number of fused-ring (bicyclic) bond motifs is 29. The summed E-state index contributed by atoms with van der Waals surface area (Å²) in [6.07, 6.45) is 1.89. The van der Waals surface area contributed by atoms with Gasteiger partial charge in [-0.1, -0.05) is 437 Å². The summed E-state index contributed by atoms with van der Waals surface area (Å²) in [5.74, 6) is 0. The molecule has 0 saturated carbocycles. The van der Waals surface area contributed by atoms with E-state index in [9.17, 15) is 0 Å². The Hall–Kier alpha value is -17.6. The molecule has 145 heavy (non-hydrogen) atoms. The highest BCUT2D eigenvalue weighted by atomic mass is 32.1. The van der Waals surface area contributed by atoms with Gasteiger partial charge in [-0.15, -0.1) is 45.3 Å². The minimum Gasteiger partial charge on any atom is -0.309 e. The summed E-state index contributed by atoms with van der Waals surface area (Å²) >= 11 is 7.64. The van der Waals surface area contributed by atoms with Crippen LogP contribution in [0.3, 0.4) is 0 Å². The monoisotopic (exact) mass is 1910 g/mol. The minimum absolute atomic E-state index is 1.04. The van der Waals surface area contributed by atoms with Crippen molar-refractivity contribution in [1.82, 2.24) is 9.55 Å². The molecule has 0 spiro atoms. The molecule has 0 N–H and O–H groups in total. The van der Waals surface area contributed by atoms with Crippen LogP contribution in [0.5, 0.6) is 0 Å². The SMILES string of the molecule is c1ccc(-c2cccc(-c3sc4c5c(cc6ccccc64)-c4ccccc4-c4ccccc4-c35)c2)cc1.c1ccc(-c2sc3c4c(cc5ccccc53)-c3ccccc3-c3ccccc3-c24)cc1.c1ccc(-c2sc3c4c(cc5ccccc53)-c3ccccc3-c3ccccc3-c24)nc1.c1ccc2c(c1)-c1ccccc1-c1c(-c3ccc(-c4ccc(-n5c6ccccc6c6ccccc65)cc4)cc3)sc3cccc-2c13. The topological polar surface area (TPSA) is 17.8 Å². The summed E-state index contributed by atoms with van der Waals surface area (Å²) in [6, 6.07) is 184. The van der Waals surface area contributed by atoms with E-state index in [1.807, 2.05) is 57.6 Å². The van der Waals surface area contributed by atoms with Crippen molar-refractivity contribution in [3.63, 3.8) is 0 Å². The van der Waals surface area contributed by atoms with E-state index >= 15 is 0 Å². The van der Waals surface area contributed by atoms with Crippen LogP contribution in [0.4, 0.5) is 0 Å². The lowest BCUT2D eigenvalue weighted by Gasteiger charge is -2.12. The molecule has 0 aliphatic heterocycles. The maximum absolute atomic E-state index is 4.75. The van der Waals surface area contributed by atoms with Crippen LogP contribution in [0.2, 0.25) is 0 Å². The zero-order valence-electron chi connectivity index (χ0n) is 78.5. The predicted octanol–water partition coefficient (Wildman–Crippen LogP) is 40.8. The summed E-state index contributed by atoms with van der Waals surface area (Å²) in [4.78, 5) is 10.0. The molecule has 0 atom stereocenters. The van der Waals surface area contributed by atoms with Gasteiger partial charge in [0, 0.05) is 99.9 Å². The van der Waals surface area contributed by atoms with Crippen molar-refractivity contribution in [1.29, 1.82) is 0 Å². The second-order valence-corrected chi connectivity index (χ2v) is 42.0. The number of benzene rings is 22. The summed E-state index contributed by atoms with van der Waals surface area (Å²) < 4.78 is 7.80. The fourth-order valence-electron chi connectivity index (χ4n) is 23.6. The highest BCUT2D eigenvalue weighted by molar-refractivity contribution is 7.25. The molecule has 0 amide bonds. The van der Waals surface area contributed by atoms with Crippen LogP contribution in [0.15, 0.2) is 510 Å². The average Bonchev–Trinajstić information content (AvgIpc) is 1.56. The third-order valence-corrected chi connectivity index (χ3v) is 34.9. The van der Waals surface area contributed by atoms with Crippen LogP contribution in [-0.2, 0) is 0 Å². The van der Waals surface area contributed by atoms with Gasteiger partial charge in [0.05, 0.1) is 21.6 Å². The van der Waals surface area contributed by atoms with E-state index in [4.69, 9.17) is 4.98 Å². The maximum atomic E-state index is 4.75. The molecule has 28 aromatic rings. The first-order valence-electron chi connectivity index (χ1n) is 49.6. The average molecular weight is 1910 g/mol. The lowest BCUT2D eigenvalue weighted by molar-refractivity contribution is 1.18. The quantitative estimate of drug-likeness (QED) is 0.155. The van der Waals surface area contributed by atoms with E-state index in [0.717, 1.165) is 5.69 Å².